The monoisotopic (exact) mass is 350 g/mol. The van der Waals surface area contributed by atoms with Crippen molar-refractivity contribution in [2.75, 3.05) is 17.0 Å². The zero-order valence-electron chi connectivity index (χ0n) is 13.6. The predicted octanol–water partition coefficient (Wildman–Crippen LogP) is 1.85. The number of nitrogens with zero attached hydrogens (tertiary/aromatic N) is 2. The summed E-state index contributed by atoms with van der Waals surface area (Å²) in [4.78, 5) is 12.1. The van der Waals surface area contributed by atoms with Crippen LogP contribution in [0, 0.1) is 0 Å². The van der Waals surface area contributed by atoms with Gasteiger partial charge < -0.3 is 5.32 Å². The fourth-order valence-electron chi connectivity index (χ4n) is 2.20. The molecule has 1 heterocycles. The van der Waals surface area contributed by atoms with Crippen LogP contribution in [-0.2, 0) is 16.6 Å². The molecule has 1 amide bonds. The van der Waals surface area contributed by atoms with Gasteiger partial charge in [0, 0.05) is 36.7 Å². The zero-order chi connectivity index (χ0) is 17.4. The Bertz CT molecular complexity index is 757. The van der Waals surface area contributed by atoms with E-state index in [1.807, 2.05) is 12.3 Å². The van der Waals surface area contributed by atoms with Crippen LogP contribution < -0.4 is 10.0 Å². The first-order valence-corrected chi connectivity index (χ1v) is 9.51. The molecule has 0 aliphatic rings. The van der Waals surface area contributed by atoms with Crippen molar-refractivity contribution in [1.82, 2.24) is 15.1 Å². The molecule has 8 heteroatoms. The van der Waals surface area contributed by atoms with Crippen LogP contribution in [0.15, 0.2) is 42.7 Å². The van der Waals surface area contributed by atoms with Gasteiger partial charge in [0.25, 0.3) is 5.91 Å². The lowest BCUT2D eigenvalue weighted by Crippen LogP contribution is -2.25. The van der Waals surface area contributed by atoms with Crippen LogP contribution in [0.2, 0.25) is 0 Å². The van der Waals surface area contributed by atoms with Crippen LogP contribution >= 0.6 is 0 Å². The number of rotatable bonds is 9. The van der Waals surface area contributed by atoms with E-state index in [1.165, 1.54) is 6.07 Å². The fourth-order valence-corrected chi connectivity index (χ4v) is 3.33. The first kappa shape index (κ1) is 18.0. The van der Waals surface area contributed by atoms with Gasteiger partial charge in [-0.3, -0.25) is 14.2 Å². The average Bonchev–Trinajstić information content (AvgIpc) is 3.04. The van der Waals surface area contributed by atoms with Crippen molar-refractivity contribution in [3.8, 4) is 0 Å². The number of aryl methyl sites for hydroxylation is 1. The topological polar surface area (TPSA) is 93.1 Å². The third-order valence-electron chi connectivity index (χ3n) is 3.28. The molecule has 24 heavy (non-hydrogen) atoms. The molecule has 7 nitrogen and oxygen atoms in total. The molecule has 0 saturated carbocycles. The second-order valence-electron chi connectivity index (χ2n) is 5.38. The smallest absolute Gasteiger partial charge is 0.251 e. The normalized spacial score (nSPS) is 11.2. The van der Waals surface area contributed by atoms with Crippen LogP contribution in [0.25, 0.3) is 0 Å². The SMILES string of the molecule is CCCS(=O)(=O)Nc1cccc(C(=O)NCCCn2cccn2)c1. The minimum absolute atomic E-state index is 0.0524. The van der Waals surface area contributed by atoms with E-state index >= 15 is 0 Å². The maximum absolute atomic E-state index is 12.1. The number of carbonyl (C=O) groups excluding carboxylic acids is 1. The minimum Gasteiger partial charge on any atom is -0.352 e. The van der Waals surface area contributed by atoms with Gasteiger partial charge in [0.1, 0.15) is 0 Å². The molecule has 0 fully saturated rings. The van der Waals surface area contributed by atoms with Crippen molar-refractivity contribution in [2.24, 2.45) is 0 Å². The Hall–Kier alpha value is -2.35. The molecule has 2 N–H and O–H groups in total. The van der Waals surface area contributed by atoms with Gasteiger partial charge in [-0.1, -0.05) is 13.0 Å². The number of nitrogens with one attached hydrogen (secondary N) is 2. The first-order valence-electron chi connectivity index (χ1n) is 7.86. The lowest BCUT2D eigenvalue weighted by atomic mass is 10.2. The second-order valence-corrected chi connectivity index (χ2v) is 7.22. The first-order chi connectivity index (χ1) is 11.5. The molecule has 0 aliphatic carbocycles. The molecular weight excluding hydrogens is 328 g/mol. The van der Waals surface area contributed by atoms with Crippen molar-refractivity contribution >= 4 is 21.6 Å². The highest BCUT2D eigenvalue weighted by atomic mass is 32.2. The van der Waals surface area contributed by atoms with Gasteiger partial charge in [-0.05, 0) is 37.1 Å². The number of benzene rings is 1. The van der Waals surface area contributed by atoms with E-state index < -0.39 is 10.0 Å². The minimum atomic E-state index is -3.36. The molecule has 0 unspecified atom stereocenters. The molecule has 0 saturated heterocycles. The molecular formula is C16H22N4O3S. The van der Waals surface area contributed by atoms with E-state index in [2.05, 4.69) is 15.1 Å². The van der Waals surface area contributed by atoms with E-state index in [4.69, 9.17) is 0 Å². The maximum Gasteiger partial charge on any atom is 0.251 e. The summed E-state index contributed by atoms with van der Waals surface area (Å²) >= 11 is 0. The number of carbonyl (C=O) groups is 1. The lowest BCUT2D eigenvalue weighted by molar-refractivity contribution is 0.0952. The summed E-state index contributed by atoms with van der Waals surface area (Å²) in [5.74, 6) is -0.177. The Balaban J connectivity index is 1.86. The summed E-state index contributed by atoms with van der Waals surface area (Å²) in [6.45, 7) is 3.04. The highest BCUT2D eigenvalue weighted by Gasteiger charge is 2.11. The third-order valence-corrected chi connectivity index (χ3v) is 4.77. The highest BCUT2D eigenvalue weighted by molar-refractivity contribution is 7.92. The molecule has 0 radical (unpaired) electrons. The molecule has 0 aliphatic heterocycles. The summed E-state index contributed by atoms with van der Waals surface area (Å²) in [6.07, 6.45) is 4.87. The van der Waals surface area contributed by atoms with E-state index in [9.17, 15) is 13.2 Å². The van der Waals surface area contributed by atoms with Crippen LogP contribution in [0.3, 0.4) is 0 Å². The lowest BCUT2D eigenvalue weighted by Gasteiger charge is -2.09. The summed E-state index contributed by atoms with van der Waals surface area (Å²) in [5, 5.41) is 6.91. The van der Waals surface area contributed by atoms with Gasteiger partial charge in [-0.2, -0.15) is 5.10 Å². The number of anilines is 1. The van der Waals surface area contributed by atoms with Gasteiger partial charge in [-0.15, -0.1) is 0 Å². The number of amides is 1. The summed E-state index contributed by atoms with van der Waals surface area (Å²) < 4.78 is 27.9. The number of sulfonamides is 1. The molecule has 2 aromatic rings. The Morgan fingerprint density at radius 2 is 2.12 bits per heavy atom. The van der Waals surface area contributed by atoms with Gasteiger partial charge in [0.15, 0.2) is 0 Å². The Labute approximate surface area is 142 Å². The number of hydrogen-bond acceptors (Lipinski definition) is 4. The van der Waals surface area contributed by atoms with Crippen molar-refractivity contribution in [1.29, 1.82) is 0 Å². The van der Waals surface area contributed by atoms with Crippen LogP contribution in [-0.4, -0.2) is 36.4 Å². The Morgan fingerprint density at radius 3 is 2.83 bits per heavy atom. The van der Waals surface area contributed by atoms with Crippen molar-refractivity contribution in [3.63, 3.8) is 0 Å². The standard InChI is InChI=1S/C16H22N4O3S/c1-2-12-24(22,23)19-15-7-3-6-14(13-15)16(21)17-8-4-10-20-11-5-9-18-20/h3,5-7,9,11,13,19H,2,4,8,10,12H2,1H3,(H,17,21). The maximum atomic E-state index is 12.1. The Kier molecular flexibility index (Phi) is 6.36. The molecule has 0 bridgehead atoms. The van der Waals surface area contributed by atoms with Gasteiger partial charge >= 0.3 is 0 Å². The molecule has 1 aromatic carbocycles. The molecule has 1 aromatic heterocycles. The van der Waals surface area contributed by atoms with E-state index in [0.717, 1.165) is 13.0 Å². The predicted molar refractivity (Wildman–Crippen MR) is 93.3 cm³/mol. The summed E-state index contributed by atoms with van der Waals surface area (Å²) in [5.41, 5.74) is 0.818. The summed E-state index contributed by atoms with van der Waals surface area (Å²) in [7, 11) is -3.36. The molecule has 0 spiro atoms. The average molecular weight is 350 g/mol. The van der Waals surface area contributed by atoms with E-state index in [-0.39, 0.29) is 11.7 Å². The molecule has 130 valence electrons. The van der Waals surface area contributed by atoms with Crippen molar-refractivity contribution < 1.29 is 13.2 Å². The van der Waals surface area contributed by atoms with Crippen LogP contribution in [0.1, 0.15) is 30.1 Å². The Morgan fingerprint density at radius 1 is 1.29 bits per heavy atom. The van der Waals surface area contributed by atoms with E-state index in [1.54, 1.807) is 36.0 Å². The van der Waals surface area contributed by atoms with Gasteiger partial charge in [0.2, 0.25) is 10.0 Å². The van der Waals surface area contributed by atoms with Gasteiger partial charge in [0.05, 0.1) is 5.75 Å². The largest absolute Gasteiger partial charge is 0.352 e. The third kappa shape index (κ3) is 5.69. The highest BCUT2D eigenvalue weighted by Crippen LogP contribution is 2.13. The number of aromatic nitrogens is 2. The number of hydrogen-bond donors (Lipinski definition) is 2. The van der Waals surface area contributed by atoms with Crippen LogP contribution in [0.5, 0.6) is 0 Å². The quantitative estimate of drug-likeness (QED) is 0.675. The van der Waals surface area contributed by atoms with Crippen LogP contribution in [0.4, 0.5) is 5.69 Å². The second kappa shape index (κ2) is 8.49. The molecule has 2 rings (SSSR count). The van der Waals surface area contributed by atoms with E-state index in [0.29, 0.717) is 24.2 Å². The van der Waals surface area contributed by atoms with Crippen molar-refractivity contribution in [3.05, 3.63) is 48.3 Å². The fraction of sp³-hybridized carbons (Fsp3) is 0.375. The van der Waals surface area contributed by atoms with Crippen molar-refractivity contribution in [2.45, 2.75) is 26.3 Å². The van der Waals surface area contributed by atoms with Gasteiger partial charge in [-0.25, -0.2) is 8.42 Å². The zero-order valence-corrected chi connectivity index (χ0v) is 14.4. The molecule has 0 atom stereocenters. The summed E-state index contributed by atoms with van der Waals surface area (Å²) in [6, 6.07) is 8.32.